The minimum absolute atomic E-state index is 1.03. The third-order valence-electron chi connectivity index (χ3n) is 2.70. The molecule has 1 N–H and O–H groups in total. The molecule has 0 aromatic heterocycles. The number of hydrogen-bond acceptors (Lipinski definition) is 3. The lowest BCUT2D eigenvalue weighted by atomic mass is 10.1. The van der Waals surface area contributed by atoms with Crippen LogP contribution in [0, 0.1) is 0 Å². The van der Waals surface area contributed by atoms with Crippen molar-refractivity contribution >= 4 is 30.2 Å². The normalized spacial score (nSPS) is 12.9. The topological polar surface area (TPSA) is 20.2 Å². The quantitative estimate of drug-likeness (QED) is 0.268. The van der Waals surface area contributed by atoms with Gasteiger partial charge in [0.2, 0.25) is 0 Å². The molecular weight excluding hydrogens is 255 g/mol. The zero-order chi connectivity index (χ0) is 12.1. The maximum atomic E-state index is 8.99. The van der Waals surface area contributed by atoms with Crippen molar-refractivity contribution in [1.82, 2.24) is 0 Å². The molecule has 0 fully saturated rings. The zero-order valence-corrected chi connectivity index (χ0v) is 13.1. The summed E-state index contributed by atoms with van der Waals surface area (Å²) < 4.78 is 0. The highest BCUT2D eigenvalue weighted by Crippen LogP contribution is 2.49. The highest BCUT2D eigenvalue weighted by molar-refractivity contribution is 8.81. The van der Waals surface area contributed by atoms with Gasteiger partial charge in [0.1, 0.15) is 6.55 Å². The van der Waals surface area contributed by atoms with Crippen LogP contribution in [0.3, 0.4) is 0 Å². The summed E-state index contributed by atoms with van der Waals surface area (Å²) in [7, 11) is 0. The fourth-order valence-electron chi connectivity index (χ4n) is 1.74. The molecule has 0 aliphatic heterocycles. The van der Waals surface area contributed by atoms with E-state index in [0.717, 1.165) is 5.75 Å². The molecule has 1 nitrogen and oxygen atoms in total. The van der Waals surface area contributed by atoms with E-state index in [-0.39, 0.29) is 0 Å². The molecule has 0 heterocycles. The first-order valence-electron chi connectivity index (χ1n) is 6.58. The maximum Gasteiger partial charge on any atom is 0.145 e. The van der Waals surface area contributed by atoms with Crippen LogP contribution in [0.2, 0.25) is 0 Å². The van der Waals surface area contributed by atoms with Crippen LogP contribution in [0.4, 0.5) is 0 Å². The van der Waals surface area contributed by atoms with E-state index >= 15 is 0 Å². The van der Waals surface area contributed by atoms with Gasteiger partial charge in [-0.1, -0.05) is 76.1 Å². The standard InChI is InChI=1S/C12H27OPS2/c1-2-3-4-5-6-7-8-9-10-11-12-16-14(13)15/h13,15H,2-12H2,1H3. The Labute approximate surface area is 112 Å². The molecule has 0 aliphatic carbocycles. The van der Waals surface area contributed by atoms with E-state index < -0.39 is 6.55 Å². The predicted molar refractivity (Wildman–Crippen MR) is 82.4 cm³/mol. The molecule has 1 unspecified atom stereocenters. The Morgan fingerprint density at radius 2 is 1.31 bits per heavy atom. The van der Waals surface area contributed by atoms with Crippen LogP contribution in [0.1, 0.15) is 71.1 Å². The van der Waals surface area contributed by atoms with Gasteiger partial charge in [0, 0.05) is 5.75 Å². The second-order valence-electron chi connectivity index (χ2n) is 4.27. The van der Waals surface area contributed by atoms with Crippen molar-refractivity contribution in [2.45, 2.75) is 71.1 Å². The first kappa shape index (κ1) is 17.1. The Morgan fingerprint density at radius 1 is 0.875 bits per heavy atom. The molecule has 0 amide bonds. The summed E-state index contributed by atoms with van der Waals surface area (Å²) in [4.78, 5) is 8.99. The van der Waals surface area contributed by atoms with Gasteiger partial charge in [-0.3, -0.25) is 0 Å². The predicted octanol–water partition coefficient (Wildman–Crippen LogP) is 5.79. The lowest BCUT2D eigenvalue weighted by Gasteiger charge is -2.03. The van der Waals surface area contributed by atoms with Gasteiger partial charge in [0.05, 0.1) is 0 Å². The van der Waals surface area contributed by atoms with Crippen molar-refractivity contribution < 1.29 is 4.89 Å². The van der Waals surface area contributed by atoms with Crippen LogP contribution < -0.4 is 0 Å². The smallest absolute Gasteiger partial charge is 0.145 e. The van der Waals surface area contributed by atoms with Crippen molar-refractivity contribution in [2.24, 2.45) is 0 Å². The molecule has 4 heteroatoms. The maximum absolute atomic E-state index is 8.99. The number of hydrogen-bond donors (Lipinski definition) is 2. The van der Waals surface area contributed by atoms with Crippen LogP contribution in [-0.4, -0.2) is 10.6 Å². The molecule has 0 bridgehead atoms. The Hall–Kier alpha value is 1.09. The summed E-state index contributed by atoms with van der Waals surface area (Å²) in [6.45, 7) is 1.24. The summed E-state index contributed by atoms with van der Waals surface area (Å²) >= 11 is 5.57. The average molecular weight is 282 g/mol. The molecule has 16 heavy (non-hydrogen) atoms. The van der Waals surface area contributed by atoms with Crippen molar-refractivity contribution in [3.05, 3.63) is 0 Å². The van der Waals surface area contributed by atoms with E-state index in [2.05, 4.69) is 19.2 Å². The summed E-state index contributed by atoms with van der Waals surface area (Å²) in [6.07, 6.45) is 13.8. The minimum atomic E-state index is -1.03. The number of rotatable bonds is 12. The zero-order valence-electron chi connectivity index (χ0n) is 10.5. The fourth-order valence-corrected chi connectivity index (χ4v) is 3.84. The summed E-state index contributed by atoms with van der Waals surface area (Å²) in [5, 5.41) is 0. The second-order valence-corrected chi connectivity index (χ2v) is 9.20. The fraction of sp³-hybridized carbons (Fsp3) is 1.00. The Bertz CT molecular complexity index is 134. The Morgan fingerprint density at radius 3 is 1.75 bits per heavy atom. The van der Waals surface area contributed by atoms with E-state index in [9.17, 15) is 0 Å². The first-order chi connectivity index (χ1) is 7.77. The summed E-state index contributed by atoms with van der Waals surface area (Å²) in [5.74, 6) is 1.07. The minimum Gasteiger partial charge on any atom is -0.355 e. The van der Waals surface area contributed by atoms with Crippen LogP contribution >= 0.6 is 30.2 Å². The molecule has 0 rings (SSSR count). The van der Waals surface area contributed by atoms with Crippen molar-refractivity contribution in [1.29, 1.82) is 0 Å². The van der Waals surface area contributed by atoms with Crippen LogP contribution in [0.5, 0.6) is 0 Å². The SMILES string of the molecule is CCCCCCCCCCCCSP(O)S. The molecular formula is C12H27OPS2. The lowest BCUT2D eigenvalue weighted by molar-refractivity contribution is 0.563. The largest absolute Gasteiger partial charge is 0.355 e. The van der Waals surface area contributed by atoms with E-state index in [0.29, 0.717) is 0 Å². The first-order valence-corrected chi connectivity index (χ1v) is 10.6. The van der Waals surface area contributed by atoms with Gasteiger partial charge in [-0.2, -0.15) is 0 Å². The number of unbranched alkanes of at least 4 members (excludes halogenated alkanes) is 9. The third-order valence-corrected chi connectivity index (χ3v) is 5.69. The highest BCUT2D eigenvalue weighted by atomic mass is 33.1. The summed E-state index contributed by atoms with van der Waals surface area (Å²) in [5.41, 5.74) is 0. The van der Waals surface area contributed by atoms with Gasteiger partial charge >= 0.3 is 0 Å². The van der Waals surface area contributed by atoms with Gasteiger partial charge < -0.3 is 4.89 Å². The Balaban J connectivity index is 2.88. The van der Waals surface area contributed by atoms with Crippen LogP contribution in [-0.2, 0) is 0 Å². The highest BCUT2D eigenvalue weighted by Gasteiger charge is 1.97. The molecule has 0 saturated heterocycles. The molecule has 0 radical (unpaired) electrons. The molecule has 0 aliphatic rings. The monoisotopic (exact) mass is 282 g/mol. The van der Waals surface area contributed by atoms with Crippen molar-refractivity contribution in [2.75, 3.05) is 5.75 Å². The van der Waals surface area contributed by atoms with E-state index in [4.69, 9.17) is 4.89 Å². The lowest BCUT2D eigenvalue weighted by Crippen LogP contribution is -1.82. The molecule has 0 aromatic carbocycles. The number of thiol groups is 1. The van der Waals surface area contributed by atoms with Gasteiger partial charge in [0.15, 0.2) is 0 Å². The van der Waals surface area contributed by atoms with Crippen molar-refractivity contribution in [3.8, 4) is 0 Å². The van der Waals surface area contributed by atoms with Crippen LogP contribution in [0.15, 0.2) is 0 Å². The van der Waals surface area contributed by atoms with E-state index in [1.807, 2.05) is 0 Å². The summed E-state index contributed by atoms with van der Waals surface area (Å²) in [6, 6.07) is 0. The molecule has 0 saturated carbocycles. The van der Waals surface area contributed by atoms with Crippen molar-refractivity contribution in [3.63, 3.8) is 0 Å². The molecule has 1 atom stereocenters. The average Bonchev–Trinajstić information content (AvgIpc) is 2.25. The molecule has 0 spiro atoms. The van der Waals surface area contributed by atoms with Gasteiger partial charge in [-0.05, 0) is 6.42 Å². The Kier molecular flexibility index (Phi) is 15.1. The molecule has 98 valence electrons. The van der Waals surface area contributed by atoms with Crippen LogP contribution in [0.25, 0.3) is 0 Å². The molecule has 0 aromatic rings. The second kappa shape index (κ2) is 14.2. The van der Waals surface area contributed by atoms with Gasteiger partial charge in [-0.25, -0.2) is 0 Å². The third kappa shape index (κ3) is 15.1. The van der Waals surface area contributed by atoms with E-state index in [1.54, 1.807) is 11.4 Å². The van der Waals surface area contributed by atoms with E-state index in [1.165, 1.54) is 64.2 Å². The van der Waals surface area contributed by atoms with Gasteiger partial charge in [-0.15, -0.1) is 12.2 Å². The van der Waals surface area contributed by atoms with Gasteiger partial charge in [0.25, 0.3) is 0 Å².